The van der Waals surface area contributed by atoms with Crippen LogP contribution in [0.2, 0.25) is 0 Å². The van der Waals surface area contributed by atoms with Crippen molar-refractivity contribution in [3.05, 3.63) is 65.2 Å². The zero-order chi connectivity index (χ0) is 23.0. The Morgan fingerprint density at radius 3 is 2.31 bits per heavy atom. The summed E-state index contributed by atoms with van der Waals surface area (Å²) in [5, 5.41) is 7.11. The topological polar surface area (TPSA) is 59.9 Å². The molecule has 0 spiro atoms. The number of benzene rings is 2. The summed E-state index contributed by atoms with van der Waals surface area (Å²) < 4.78 is 43.4. The van der Waals surface area contributed by atoms with Gasteiger partial charge in [-0.1, -0.05) is 37.1 Å². The van der Waals surface area contributed by atoms with Crippen LogP contribution in [0.25, 0.3) is 0 Å². The highest BCUT2D eigenvalue weighted by molar-refractivity contribution is 6.00. The van der Waals surface area contributed by atoms with Gasteiger partial charge in [0.05, 0.1) is 11.3 Å². The SMILES string of the molecule is CC/C(=N\OCc1ccc(C(F)(F)F)cc1)c1ccc(OCC(=O)NC2CCCC2)cc1. The maximum Gasteiger partial charge on any atom is 0.416 e. The number of hydrogen-bond donors (Lipinski definition) is 1. The lowest BCUT2D eigenvalue weighted by Crippen LogP contribution is -2.36. The van der Waals surface area contributed by atoms with Gasteiger partial charge in [0.2, 0.25) is 0 Å². The standard InChI is InChI=1S/C24H27F3N2O3/c1-2-22(29-32-15-17-7-11-19(12-8-17)24(25,26)27)18-9-13-21(14-10-18)31-16-23(30)28-20-5-3-4-6-20/h7-14,20H,2-6,15-16H2,1H3,(H,28,30)/b29-22+. The zero-order valence-electron chi connectivity index (χ0n) is 18.0. The van der Waals surface area contributed by atoms with Crippen LogP contribution in [0.4, 0.5) is 13.2 Å². The lowest BCUT2D eigenvalue weighted by Gasteiger charge is -2.12. The Kier molecular flexibility index (Phi) is 8.14. The Morgan fingerprint density at radius 2 is 1.72 bits per heavy atom. The van der Waals surface area contributed by atoms with Crippen molar-refractivity contribution in [1.29, 1.82) is 0 Å². The van der Waals surface area contributed by atoms with Gasteiger partial charge in [-0.25, -0.2) is 0 Å². The summed E-state index contributed by atoms with van der Waals surface area (Å²) >= 11 is 0. The van der Waals surface area contributed by atoms with Gasteiger partial charge < -0.3 is 14.9 Å². The summed E-state index contributed by atoms with van der Waals surface area (Å²) in [5.74, 6) is 0.463. The van der Waals surface area contributed by atoms with Crippen LogP contribution in [0.15, 0.2) is 53.7 Å². The van der Waals surface area contributed by atoms with Crippen molar-refractivity contribution in [2.24, 2.45) is 5.16 Å². The Hall–Kier alpha value is -3.03. The van der Waals surface area contributed by atoms with E-state index in [9.17, 15) is 18.0 Å². The number of alkyl halides is 3. The van der Waals surface area contributed by atoms with Crippen molar-refractivity contribution in [3.8, 4) is 5.75 Å². The van der Waals surface area contributed by atoms with E-state index in [2.05, 4.69) is 10.5 Å². The molecule has 172 valence electrons. The molecule has 0 atom stereocenters. The van der Waals surface area contributed by atoms with Crippen LogP contribution in [-0.4, -0.2) is 24.3 Å². The molecule has 0 radical (unpaired) electrons. The van der Waals surface area contributed by atoms with E-state index in [-0.39, 0.29) is 25.2 Å². The van der Waals surface area contributed by atoms with Gasteiger partial charge in [-0.3, -0.25) is 4.79 Å². The van der Waals surface area contributed by atoms with Gasteiger partial charge in [0.25, 0.3) is 5.91 Å². The van der Waals surface area contributed by atoms with Crippen molar-refractivity contribution < 1.29 is 27.5 Å². The predicted molar refractivity (Wildman–Crippen MR) is 115 cm³/mol. The molecule has 1 N–H and O–H groups in total. The third-order valence-electron chi connectivity index (χ3n) is 5.30. The van der Waals surface area contributed by atoms with Gasteiger partial charge in [0.1, 0.15) is 12.4 Å². The van der Waals surface area contributed by atoms with E-state index in [0.29, 0.717) is 23.4 Å². The van der Waals surface area contributed by atoms with E-state index >= 15 is 0 Å². The van der Waals surface area contributed by atoms with Gasteiger partial charge in [-0.15, -0.1) is 0 Å². The summed E-state index contributed by atoms with van der Waals surface area (Å²) in [6, 6.07) is 12.2. The Balaban J connectivity index is 1.49. The summed E-state index contributed by atoms with van der Waals surface area (Å²) in [6.07, 6.45) is 0.617. The number of carbonyl (C=O) groups is 1. The van der Waals surface area contributed by atoms with Crippen molar-refractivity contribution >= 4 is 11.6 Å². The van der Waals surface area contributed by atoms with Crippen LogP contribution in [0.5, 0.6) is 5.75 Å². The van der Waals surface area contributed by atoms with Crippen LogP contribution < -0.4 is 10.1 Å². The number of rotatable bonds is 9. The molecule has 0 bridgehead atoms. The molecule has 1 aliphatic carbocycles. The second kappa shape index (κ2) is 11.0. The third-order valence-corrected chi connectivity index (χ3v) is 5.30. The number of nitrogens with zero attached hydrogens (tertiary/aromatic N) is 1. The quantitative estimate of drug-likeness (QED) is 0.409. The smallest absolute Gasteiger partial charge is 0.416 e. The first-order chi connectivity index (χ1) is 15.3. The number of hydrogen-bond acceptors (Lipinski definition) is 4. The Bertz CT molecular complexity index is 904. The summed E-state index contributed by atoms with van der Waals surface area (Å²) in [4.78, 5) is 17.3. The molecule has 5 nitrogen and oxygen atoms in total. The molecule has 0 saturated heterocycles. The highest BCUT2D eigenvalue weighted by atomic mass is 19.4. The minimum atomic E-state index is -4.36. The average molecular weight is 448 g/mol. The van der Waals surface area contributed by atoms with Crippen LogP contribution in [-0.2, 0) is 22.4 Å². The molecule has 1 fully saturated rings. The van der Waals surface area contributed by atoms with E-state index < -0.39 is 11.7 Å². The van der Waals surface area contributed by atoms with Crippen molar-refractivity contribution in [2.75, 3.05) is 6.61 Å². The minimum Gasteiger partial charge on any atom is -0.484 e. The van der Waals surface area contributed by atoms with Crippen LogP contribution in [0, 0.1) is 0 Å². The predicted octanol–water partition coefficient (Wildman–Crippen LogP) is 5.47. The zero-order valence-corrected chi connectivity index (χ0v) is 18.0. The third kappa shape index (κ3) is 7.00. The number of nitrogens with one attached hydrogen (secondary N) is 1. The second-order valence-electron chi connectivity index (χ2n) is 7.72. The number of amides is 1. The first-order valence-electron chi connectivity index (χ1n) is 10.7. The molecule has 1 aliphatic rings. The first kappa shape index (κ1) is 23.6. The lowest BCUT2D eigenvalue weighted by atomic mass is 10.1. The van der Waals surface area contributed by atoms with Crippen molar-refractivity contribution in [2.45, 2.75) is 57.9 Å². The normalized spacial score (nSPS) is 14.9. The number of oxime groups is 1. The van der Waals surface area contributed by atoms with Crippen LogP contribution in [0.3, 0.4) is 0 Å². The molecule has 8 heteroatoms. The summed E-state index contributed by atoms with van der Waals surface area (Å²) in [5.41, 5.74) is 1.43. The molecular weight excluding hydrogens is 421 g/mol. The minimum absolute atomic E-state index is 0.0270. The van der Waals surface area contributed by atoms with E-state index in [1.165, 1.54) is 12.1 Å². The fourth-order valence-electron chi connectivity index (χ4n) is 3.53. The maximum absolute atomic E-state index is 12.6. The fraction of sp³-hybridized carbons (Fsp3) is 0.417. The molecule has 1 saturated carbocycles. The molecule has 0 aliphatic heterocycles. The molecule has 2 aromatic carbocycles. The van der Waals surface area contributed by atoms with Crippen LogP contribution >= 0.6 is 0 Å². The fourth-order valence-corrected chi connectivity index (χ4v) is 3.53. The van der Waals surface area contributed by atoms with Gasteiger partial charge >= 0.3 is 6.18 Å². The average Bonchev–Trinajstić information content (AvgIpc) is 3.28. The molecule has 2 aromatic rings. The second-order valence-corrected chi connectivity index (χ2v) is 7.72. The molecule has 3 rings (SSSR count). The van der Waals surface area contributed by atoms with Gasteiger partial charge in [-0.2, -0.15) is 13.2 Å². The van der Waals surface area contributed by atoms with Gasteiger partial charge in [0, 0.05) is 6.04 Å². The lowest BCUT2D eigenvalue weighted by molar-refractivity contribution is -0.137. The number of halogens is 3. The molecule has 0 aromatic heterocycles. The van der Waals surface area contributed by atoms with Crippen molar-refractivity contribution in [3.63, 3.8) is 0 Å². The van der Waals surface area contributed by atoms with Crippen molar-refractivity contribution in [1.82, 2.24) is 5.32 Å². The monoisotopic (exact) mass is 448 g/mol. The van der Waals surface area contributed by atoms with E-state index in [0.717, 1.165) is 43.4 Å². The summed E-state index contributed by atoms with van der Waals surface area (Å²) in [6.45, 7) is 1.97. The maximum atomic E-state index is 12.6. The molecule has 0 heterocycles. The Labute approximate surface area is 185 Å². The molecule has 0 unspecified atom stereocenters. The van der Waals surface area contributed by atoms with Gasteiger partial charge in [0.15, 0.2) is 6.61 Å². The number of carbonyl (C=O) groups excluding carboxylic acids is 1. The van der Waals surface area contributed by atoms with E-state index in [1.807, 2.05) is 19.1 Å². The first-order valence-corrected chi connectivity index (χ1v) is 10.7. The molecule has 1 amide bonds. The number of ether oxygens (including phenoxy) is 1. The molecule has 32 heavy (non-hydrogen) atoms. The largest absolute Gasteiger partial charge is 0.484 e. The van der Waals surface area contributed by atoms with E-state index in [1.54, 1.807) is 12.1 Å². The molecular formula is C24H27F3N2O3. The van der Waals surface area contributed by atoms with Crippen LogP contribution in [0.1, 0.15) is 55.7 Å². The van der Waals surface area contributed by atoms with E-state index in [4.69, 9.17) is 9.57 Å². The van der Waals surface area contributed by atoms with Gasteiger partial charge in [-0.05, 0) is 66.8 Å². The highest BCUT2D eigenvalue weighted by Crippen LogP contribution is 2.29. The highest BCUT2D eigenvalue weighted by Gasteiger charge is 2.29. The Morgan fingerprint density at radius 1 is 1.06 bits per heavy atom. The summed E-state index contributed by atoms with van der Waals surface area (Å²) in [7, 11) is 0.